The number of carbonyl (C=O) groups is 1. The third kappa shape index (κ3) is 5.49. The second kappa shape index (κ2) is 8.34. The van der Waals surface area contributed by atoms with E-state index in [0.29, 0.717) is 17.3 Å². The highest BCUT2D eigenvalue weighted by atomic mass is 35.5. The van der Waals surface area contributed by atoms with Crippen LogP contribution in [0.25, 0.3) is 0 Å². The van der Waals surface area contributed by atoms with Gasteiger partial charge in [-0.2, -0.15) is 0 Å². The highest BCUT2D eigenvalue weighted by Gasteiger charge is 2.05. The van der Waals surface area contributed by atoms with E-state index < -0.39 is 0 Å². The molecule has 0 saturated heterocycles. The van der Waals surface area contributed by atoms with Crippen LogP contribution in [0.15, 0.2) is 42.9 Å². The molecule has 0 fully saturated rings. The van der Waals surface area contributed by atoms with Crippen LogP contribution in [0.5, 0.6) is 0 Å². The summed E-state index contributed by atoms with van der Waals surface area (Å²) in [6, 6.07) is 7.20. The summed E-state index contributed by atoms with van der Waals surface area (Å²) in [6.07, 6.45) is 5.90. The van der Waals surface area contributed by atoms with Crippen molar-refractivity contribution >= 4 is 17.5 Å². The lowest BCUT2D eigenvalue weighted by Gasteiger charge is -2.06. The summed E-state index contributed by atoms with van der Waals surface area (Å²) >= 11 is 5.72. The Morgan fingerprint density at radius 3 is 2.81 bits per heavy atom. The number of amides is 1. The number of rotatable bonds is 7. The molecule has 0 radical (unpaired) electrons. The summed E-state index contributed by atoms with van der Waals surface area (Å²) in [5, 5.41) is 6.64. The van der Waals surface area contributed by atoms with Crippen molar-refractivity contribution in [3.05, 3.63) is 59.1 Å². The number of aromatic nitrogens is 2. The van der Waals surface area contributed by atoms with Crippen LogP contribution in [-0.4, -0.2) is 29.0 Å². The van der Waals surface area contributed by atoms with Crippen molar-refractivity contribution in [1.29, 1.82) is 0 Å². The molecule has 1 amide bonds. The molecule has 6 heteroatoms. The van der Waals surface area contributed by atoms with E-state index in [2.05, 4.69) is 20.6 Å². The SMILES string of the molecule is O=C(NCCCNCc1cccnc1)c1ccc(Cl)cn1. The molecular formula is C15H17ClN4O. The second-order valence-corrected chi connectivity index (χ2v) is 4.95. The molecule has 2 heterocycles. The predicted molar refractivity (Wildman–Crippen MR) is 82.1 cm³/mol. The van der Waals surface area contributed by atoms with Gasteiger partial charge >= 0.3 is 0 Å². The molecule has 110 valence electrons. The van der Waals surface area contributed by atoms with Crippen molar-refractivity contribution in [3.63, 3.8) is 0 Å². The van der Waals surface area contributed by atoms with Gasteiger partial charge in [0, 0.05) is 31.7 Å². The molecule has 0 aromatic carbocycles. The van der Waals surface area contributed by atoms with Gasteiger partial charge in [0.05, 0.1) is 5.02 Å². The van der Waals surface area contributed by atoms with E-state index in [9.17, 15) is 4.79 Å². The van der Waals surface area contributed by atoms with Gasteiger partial charge in [0.1, 0.15) is 5.69 Å². The molecule has 2 aromatic rings. The van der Waals surface area contributed by atoms with E-state index in [4.69, 9.17) is 11.6 Å². The van der Waals surface area contributed by atoms with Crippen LogP contribution in [0.3, 0.4) is 0 Å². The summed E-state index contributed by atoms with van der Waals surface area (Å²) in [6.45, 7) is 2.20. The molecule has 0 saturated carbocycles. The fraction of sp³-hybridized carbons (Fsp3) is 0.267. The molecule has 0 atom stereocenters. The Morgan fingerprint density at radius 2 is 2.10 bits per heavy atom. The lowest BCUT2D eigenvalue weighted by atomic mass is 10.3. The Kier molecular flexibility index (Phi) is 6.12. The van der Waals surface area contributed by atoms with Crippen LogP contribution >= 0.6 is 11.6 Å². The highest BCUT2D eigenvalue weighted by molar-refractivity contribution is 6.30. The Bertz CT molecular complexity index is 560. The maximum atomic E-state index is 11.8. The van der Waals surface area contributed by atoms with Crippen LogP contribution in [0.1, 0.15) is 22.5 Å². The van der Waals surface area contributed by atoms with Gasteiger partial charge in [-0.15, -0.1) is 0 Å². The van der Waals surface area contributed by atoms with Crippen LogP contribution in [0.2, 0.25) is 5.02 Å². The number of nitrogens with zero attached hydrogens (tertiary/aromatic N) is 2. The average molecular weight is 305 g/mol. The summed E-state index contributed by atoms with van der Waals surface area (Å²) < 4.78 is 0. The molecule has 2 rings (SSSR count). The number of hydrogen-bond donors (Lipinski definition) is 2. The van der Waals surface area contributed by atoms with E-state index in [1.807, 2.05) is 18.3 Å². The van der Waals surface area contributed by atoms with E-state index in [0.717, 1.165) is 25.1 Å². The zero-order valence-corrected chi connectivity index (χ0v) is 12.3. The topological polar surface area (TPSA) is 66.9 Å². The Morgan fingerprint density at radius 1 is 1.19 bits per heavy atom. The number of pyridine rings is 2. The van der Waals surface area contributed by atoms with Crippen molar-refractivity contribution in [2.75, 3.05) is 13.1 Å². The fourth-order valence-corrected chi connectivity index (χ4v) is 1.86. The lowest BCUT2D eigenvalue weighted by molar-refractivity contribution is 0.0948. The lowest BCUT2D eigenvalue weighted by Crippen LogP contribution is -2.27. The number of nitrogens with one attached hydrogen (secondary N) is 2. The first-order valence-corrected chi connectivity index (χ1v) is 7.13. The Balaban J connectivity index is 1.59. The van der Waals surface area contributed by atoms with Crippen LogP contribution in [0, 0.1) is 0 Å². The normalized spacial score (nSPS) is 10.3. The third-order valence-electron chi connectivity index (χ3n) is 2.83. The van der Waals surface area contributed by atoms with Crippen molar-refractivity contribution in [2.24, 2.45) is 0 Å². The van der Waals surface area contributed by atoms with Crippen molar-refractivity contribution < 1.29 is 4.79 Å². The van der Waals surface area contributed by atoms with Gasteiger partial charge in [-0.05, 0) is 36.7 Å². The van der Waals surface area contributed by atoms with E-state index >= 15 is 0 Å². The first kappa shape index (κ1) is 15.4. The number of halogens is 1. The van der Waals surface area contributed by atoms with Crippen molar-refractivity contribution in [2.45, 2.75) is 13.0 Å². The predicted octanol–water partition coefficient (Wildman–Crippen LogP) is 2.04. The summed E-state index contributed by atoms with van der Waals surface area (Å²) in [7, 11) is 0. The Hall–Kier alpha value is -1.98. The highest BCUT2D eigenvalue weighted by Crippen LogP contribution is 2.05. The monoisotopic (exact) mass is 304 g/mol. The first-order valence-electron chi connectivity index (χ1n) is 6.75. The zero-order valence-electron chi connectivity index (χ0n) is 11.6. The van der Waals surface area contributed by atoms with Gasteiger partial charge in [-0.25, -0.2) is 4.98 Å². The smallest absolute Gasteiger partial charge is 0.269 e. The van der Waals surface area contributed by atoms with Crippen molar-refractivity contribution in [1.82, 2.24) is 20.6 Å². The standard InChI is InChI=1S/C15H17ClN4O/c16-13-4-5-14(20-11-13)15(21)19-8-2-7-18-10-12-3-1-6-17-9-12/h1,3-6,9,11,18H,2,7-8,10H2,(H,19,21). The van der Waals surface area contributed by atoms with Gasteiger partial charge in [0.2, 0.25) is 0 Å². The van der Waals surface area contributed by atoms with Crippen LogP contribution in [-0.2, 0) is 6.54 Å². The molecule has 0 aliphatic carbocycles. The quantitative estimate of drug-likeness (QED) is 0.768. The zero-order chi connectivity index (χ0) is 14.9. The molecule has 5 nitrogen and oxygen atoms in total. The first-order chi connectivity index (χ1) is 10.3. The maximum absolute atomic E-state index is 11.8. The molecule has 0 bridgehead atoms. The molecular weight excluding hydrogens is 288 g/mol. The van der Waals surface area contributed by atoms with Gasteiger partial charge < -0.3 is 10.6 Å². The van der Waals surface area contributed by atoms with Crippen molar-refractivity contribution in [3.8, 4) is 0 Å². The molecule has 2 N–H and O–H groups in total. The summed E-state index contributed by atoms with van der Waals surface area (Å²) in [5.74, 6) is -0.182. The van der Waals surface area contributed by atoms with Gasteiger partial charge in [-0.1, -0.05) is 17.7 Å². The van der Waals surface area contributed by atoms with E-state index in [-0.39, 0.29) is 5.91 Å². The van der Waals surface area contributed by atoms with Gasteiger partial charge in [0.15, 0.2) is 0 Å². The molecule has 0 spiro atoms. The molecule has 0 unspecified atom stereocenters. The molecule has 0 aliphatic rings. The van der Waals surface area contributed by atoms with Gasteiger partial charge in [-0.3, -0.25) is 9.78 Å². The average Bonchev–Trinajstić information content (AvgIpc) is 2.52. The second-order valence-electron chi connectivity index (χ2n) is 4.51. The molecule has 21 heavy (non-hydrogen) atoms. The van der Waals surface area contributed by atoms with Crippen LogP contribution in [0.4, 0.5) is 0 Å². The number of carbonyl (C=O) groups excluding carboxylic acids is 1. The minimum atomic E-state index is -0.182. The molecule has 0 aliphatic heterocycles. The number of hydrogen-bond acceptors (Lipinski definition) is 4. The maximum Gasteiger partial charge on any atom is 0.269 e. The Labute approximate surface area is 128 Å². The van der Waals surface area contributed by atoms with Gasteiger partial charge in [0.25, 0.3) is 5.91 Å². The summed E-state index contributed by atoms with van der Waals surface area (Å²) in [5.41, 5.74) is 1.52. The minimum Gasteiger partial charge on any atom is -0.351 e. The van der Waals surface area contributed by atoms with E-state index in [1.54, 1.807) is 18.3 Å². The van der Waals surface area contributed by atoms with E-state index in [1.165, 1.54) is 6.20 Å². The molecule has 2 aromatic heterocycles. The third-order valence-corrected chi connectivity index (χ3v) is 3.05. The fourth-order valence-electron chi connectivity index (χ4n) is 1.75. The largest absolute Gasteiger partial charge is 0.351 e. The van der Waals surface area contributed by atoms with Crippen LogP contribution < -0.4 is 10.6 Å². The minimum absolute atomic E-state index is 0.182. The summed E-state index contributed by atoms with van der Waals surface area (Å²) in [4.78, 5) is 19.8.